The Morgan fingerprint density at radius 1 is 1.53 bits per heavy atom. The zero-order valence-corrected chi connectivity index (χ0v) is 12.5. The van der Waals surface area contributed by atoms with Crippen LogP contribution in [-0.2, 0) is 15.1 Å². The van der Waals surface area contributed by atoms with E-state index in [1.807, 2.05) is 0 Å². The summed E-state index contributed by atoms with van der Waals surface area (Å²) in [4.78, 5) is 12.3. The van der Waals surface area contributed by atoms with Crippen molar-refractivity contribution in [3.63, 3.8) is 0 Å². The number of benzene rings is 1. The molecule has 5 heteroatoms. The number of nitrogens with two attached hydrogens (primary N) is 1. The zero-order chi connectivity index (χ0) is 14.2. The first-order valence-electron chi connectivity index (χ1n) is 6.31. The lowest BCUT2D eigenvalue weighted by Crippen LogP contribution is -2.49. The number of carbonyl (C=O) groups excluding carboxylic acids is 1. The number of hydrogen-bond acceptors (Lipinski definition) is 3. The van der Waals surface area contributed by atoms with Crippen LogP contribution in [0.25, 0.3) is 0 Å². The van der Waals surface area contributed by atoms with Gasteiger partial charge in [0, 0.05) is 10.0 Å². The molecule has 1 atom stereocenters. The summed E-state index contributed by atoms with van der Waals surface area (Å²) in [5, 5.41) is 0. The van der Waals surface area contributed by atoms with E-state index >= 15 is 0 Å². The van der Waals surface area contributed by atoms with E-state index in [-0.39, 0.29) is 17.6 Å². The van der Waals surface area contributed by atoms with Crippen LogP contribution in [0, 0.1) is 11.7 Å². The Hall–Kier alpha value is -0.940. The molecule has 19 heavy (non-hydrogen) atoms. The van der Waals surface area contributed by atoms with Gasteiger partial charge in [-0.15, -0.1) is 0 Å². The fraction of sp³-hybridized carbons (Fsp3) is 0.500. The van der Waals surface area contributed by atoms with Crippen molar-refractivity contribution in [3.05, 3.63) is 34.1 Å². The van der Waals surface area contributed by atoms with E-state index in [1.54, 1.807) is 26.0 Å². The minimum absolute atomic E-state index is 0.0532. The predicted molar refractivity (Wildman–Crippen MR) is 73.9 cm³/mol. The quantitative estimate of drug-likeness (QED) is 0.863. The van der Waals surface area contributed by atoms with E-state index in [4.69, 9.17) is 10.5 Å². The maximum atomic E-state index is 14.0. The second-order valence-corrected chi connectivity index (χ2v) is 6.14. The molecule has 1 aromatic rings. The molecule has 0 saturated heterocycles. The Balaban J connectivity index is 2.44. The van der Waals surface area contributed by atoms with Gasteiger partial charge in [-0.2, -0.15) is 0 Å². The smallest absolute Gasteiger partial charge is 0.331 e. The van der Waals surface area contributed by atoms with Gasteiger partial charge in [0.15, 0.2) is 0 Å². The molecule has 0 aliphatic heterocycles. The van der Waals surface area contributed by atoms with Crippen LogP contribution in [0.3, 0.4) is 0 Å². The molecule has 0 spiro atoms. The van der Waals surface area contributed by atoms with Crippen LogP contribution in [0.4, 0.5) is 4.39 Å². The first-order chi connectivity index (χ1) is 8.85. The number of halogens is 2. The maximum Gasteiger partial charge on any atom is 0.331 e. The Labute approximate surface area is 120 Å². The highest BCUT2D eigenvalue weighted by Gasteiger charge is 2.52. The lowest BCUT2D eigenvalue weighted by molar-refractivity contribution is -0.155. The van der Waals surface area contributed by atoms with Crippen molar-refractivity contribution in [2.75, 3.05) is 0 Å². The monoisotopic (exact) mass is 329 g/mol. The molecule has 1 aliphatic carbocycles. The molecule has 1 aromatic carbocycles. The van der Waals surface area contributed by atoms with Crippen molar-refractivity contribution in [2.45, 2.75) is 38.3 Å². The SMILES string of the molecule is CC(C)OC(=O)C(N)(c1cc(Br)ccc1F)C1CC1. The second-order valence-electron chi connectivity index (χ2n) is 5.22. The molecule has 0 bridgehead atoms. The molecule has 2 N–H and O–H groups in total. The van der Waals surface area contributed by atoms with Crippen LogP contribution in [0.1, 0.15) is 32.3 Å². The van der Waals surface area contributed by atoms with E-state index in [1.165, 1.54) is 6.07 Å². The summed E-state index contributed by atoms with van der Waals surface area (Å²) in [6, 6.07) is 4.46. The fourth-order valence-electron chi connectivity index (χ4n) is 2.16. The van der Waals surface area contributed by atoms with E-state index < -0.39 is 17.3 Å². The van der Waals surface area contributed by atoms with E-state index in [0.717, 1.165) is 12.8 Å². The van der Waals surface area contributed by atoms with Gasteiger partial charge in [-0.05, 0) is 50.8 Å². The van der Waals surface area contributed by atoms with Crippen molar-refractivity contribution in [1.29, 1.82) is 0 Å². The molecule has 0 heterocycles. The van der Waals surface area contributed by atoms with Crippen molar-refractivity contribution >= 4 is 21.9 Å². The van der Waals surface area contributed by atoms with Crippen LogP contribution in [-0.4, -0.2) is 12.1 Å². The average Bonchev–Trinajstić information content (AvgIpc) is 3.14. The normalized spacial score (nSPS) is 18.2. The van der Waals surface area contributed by atoms with Gasteiger partial charge in [-0.1, -0.05) is 15.9 Å². The van der Waals surface area contributed by atoms with Gasteiger partial charge in [0.1, 0.15) is 11.4 Å². The van der Waals surface area contributed by atoms with E-state index in [2.05, 4.69) is 15.9 Å². The molecule has 1 fully saturated rings. The van der Waals surface area contributed by atoms with Crippen molar-refractivity contribution in [3.8, 4) is 0 Å². The third kappa shape index (κ3) is 2.82. The van der Waals surface area contributed by atoms with Crippen LogP contribution in [0.2, 0.25) is 0 Å². The van der Waals surface area contributed by atoms with Crippen LogP contribution in [0.5, 0.6) is 0 Å². The molecule has 0 amide bonds. The van der Waals surface area contributed by atoms with E-state index in [0.29, 0.717) is 4.47 Å². The Bertz CT molecular complexity index is 502. The van der Waals surface area contributed by atoms with E-state index in [9.17, 15) is 9.18 Å². The second kappa shape index (κ2) is 5.21. The summed E-state index contributed by atoms with van der Waals surface area (Å²) < 4.78 is 20.0. The maximum absolute atomic E-state index is 14.0. The summed E-state index contributed by atoms with van der Waals surface area (Å²) in [5.74, 6) is -1.08. The molecule has 0 aromatic heterocycles. The molecule has 2 rings (SSSR count). The topological polar surface area (TPSA) is 52.3 Å². The summed E-state index contributed by atoms with van der Waals surface area (Å²) in [6.45, 7) is 3.50. The number of esters is 1. The number of ether oxygens (including phenoxy) is 1. The Morgan fingerprint density at radius 2 is 2.16 bits per heavy atom. The third-order valence-corrected chi connectivity index (χ3v) is 3.77. The molecular weight excluding hydrogens is 313 g/mol. The number of hydrogen-bond donors (Lipinski definition) is 1. The molecular formula is C14H17BrFNO2. The molecule has 1 saturated carbocycles. The molecule has 0 radical (unpaired) electrons. The summed E-state index contributed by atoms with van der Waals surface area (Å²) >= 11 is 3.28. The first kappa shape index (κ1) is 14.5. The summed E-state index contributed by atoms with van der Waals surface area (Å²) in [7, 11) is 0. The minimum atomic E-state index is -1.39. The van der Waals surface area contributed by atoms with Crippen LogP contribution >= 0.6 is 15.9 Å². The predicted octanol–water partition coefficient (Wildman–Crippen LogP) is 3.10. The van der Waals surface area contributed by atoms with Crippen LogP contribution in [0.15, 0.2) is 22.7 Å². The van der Waals surface area contributed by atoms with Gasteiger partial charge in [0.05, 0.1) is 6.10 Å². The first-order valence-corrected chi connectivity index (χ1v) is 7.10. The average molecular weight is 330 g/mol. The van der Waals surface area contributed by atoms with Gasteiger partial charge in [-0.3, -0.25) is 0 Å². The lowest BCUT2D eigenvalue weighted by atomic mass is 9.85. The third-order valence-electron chi connectivity index (χ3n) is 3.28. The Morgan fingerprint density at radius 3 is 2.68 bits per heavy atom. The lowest BCUT2D eigenvalue weighted by Gasteiger charge is -2.29. The molecule has 104 valence electrons. The molecule has 1 unspecified atom stereocenters. The Kier molecular flexibility index (Phi) is 3.97. The van der Waals surface area contributed by atoms with Gasteiger partial charge in [0.2, 0.25) is 0 Å². The zero-order valence-electron chi connectivity index (χ0n) is 11.0. The van der Waals surface area contributed by atoms with Crippen molar-refractivity contribution < 1.29 is 13.9 Å². The largest absolute Gasteiger partial charge is 0.461 e. The molecule has 3 nitrogen and oxygen atoms in total. The van der Waals surface area contributed by atoms with Crippen molar-refractivity contribution in [1.82, 2.24) is 0 Å². The van der Waals surface area contributed by atoms with Crippen LogP contribution < -0.4 is 5.73 Å². The van der Waals surface area contributed by atoms with Gasteiger partial charge in [0.25, 0.3) is 0 Å². The number of rotatable bonds is 4. The molecule has 1 aliphatic rings. The highest BCUT2D eigenvalue weighted by atomic mass is 79.9. The standard InChI is InChI=1S/C14H17BrFNO2/c1-8(2)19-13(18)14(17,9-3-4-9)11-7-10(15)5-6-12(11)16/h5-9H,3-4,17H2,1-2H3. The summed E-state index contributed by atoms with van der Waals surface area (Å²) in [5.41, 5.74) is 5.06. The van der Waals surface area contributed by atoms with Gasteiger partial charge < -0.3 is 10.5 Å². The highest BCUT2D eigenvalue weighted by molar-refractivity contribution is 9.10. The summed E-state index contributed by atoms with van der Waals surface area (Å²) in [6.07, 6.45) is 1.36. The fourth-order valence-corrected chi connectivity index (χ4v) is 2.52. The van der Waals surface area contributed by atoms with Gasteiger partial charge in [-0.25, -0.2) is 9.18 Å². The minimum Gasteiger partial charge on any atom is -0.461 e. The number of carbonyl (C=O) groups is 1. The van der Waals surface area contributed by atoms with Crippen molar-refractivity contribution in [2.24, 2.45) is 11.7 Å². The van der Waals surface area contributed by atoms with Gasteiger partial charge >= 0.3 is 5.97 Å². The highest BCUT2D eigenvalue weighted by Crippen LogP contribution is 2.46.